The molecule has 0 aliphatic carbocycles. The summed E-state index contributed by atoms with van der Waals surface area (Å²) in [5.41, 5.74) is 0.706. The molecule has 0 unspecified atom stereocenters. The predicted octanol–water partition coefficient (Wildman–Crippen LogP) is 1.34. The summed E-state index contributed by atoms with van der Waals surface area (Å²) in [6.45, 7) is 4.27. The molecule has 0 fully saturated rings. The molecule has 0 aromatic heterocycles. The minimum Gasteiger partial charge on any atom is -0.497 e. The third kappa shape index (κ3) is 2.96. The van der Waals surface area contributed by atoms with Crippen LogP contribution in [-0.2, 0) is 9.84 Å². The number of hydrogen-bond donors (Lipinski definition) is 1. The van der Waals surface area contributed by atoms with E-state index in [0.29, 0.717) is 22.8 Å². The van der Waals surface area contributed by atoms with Gasteiger partial charge in [-0.05, 0) is 37.2 Å². The number of sulfone groups is 1. The summed E-state index contributed by atoms with van der Waals surface area (Å²) in [5, 5.41) is 2.82. The van der Waals surface area contributed by atoms with Gasteiger partial charge in [-0.3, -0.25) is 0 Å². The Hall–Kier alpha value is -1.07. The Kier molecular flexibility index (Phi) is 4.32. The highest BCUT2D eigenvalue weighted by molar-refractivity contribution is 7.91. The van der Waals surface area contributed by atoms with Crippen LogP contribution in [0.25, 0.3) is 0 Å². The first-order valence-corrected chi connectivity index (χ1v) is 6.74. The van der Waals surface area contributed by atoms with Crippen molar-refractivity contribution in [1.29, 1.82) is 0 Å². The average molecular weight is 243 g/mol. The van der Waals surface area contributed by atoms with Gasteiger partial charge in [-0.2, -0.15) is 0 Å². The van der Waals surface area contributed by atoms with E-state index in [0.717, 1.165) is 0 Å². The molecule has 16 heavy (non-hydrogen) atoms. The summed E-state index contributed by atoms with van der Waals surface area (Å²) < 4.78 is 28.8. The Balaban J connectivity index is 3.04. The van der Waals surface area contributed by atoms with Gasteiger partial charge in [0.15, 0.2) is 9.84 Å². The van der Waals surface area contributed by atoms with E-state index in [2.05, 4.69) is 5.32 Å². The number of benzene rings is 1. The zero-order valence-corrected chi connectivity index (χ0v) is 10.6. The first kappa shape index (κ1) is 13.0. The van der Waals surface area contributed by atoms with Crippen LogP contribution in [0.1, 0.15) is 12.5 Å². The third-order valence-corrected chi connectivity index (χ3v) is 3.97. The summed E-state index contributed by atoms with van der Waals surface area (Å²) >= 11 is 0. The van der Waals surface area contributed by atoms with Crippen molar-refractivity contribution < 1.29 is 13.2 Å². The highest BCUT2D eigenvalue weighted by Gasteiger charge is 2.16. The first-order chi connectivity index (χ1) is 7.51. The second-order valence-electron chi connectivity index (χ2n) is 3.49. The van der Waals surface area contributed by atoms with Crippen LogP contribution in [0.15, 0.2) is 23.1 Å². The summed E-state index contributed by atoms with van der Waals surface area (Å²) in [6.07, 6.45) is 0. The van der Waals surface area contributed by atoms with Gasteiger partial charge in [-0.25, -0.2) is 8.42 Å². The van der Waals surface area contributed by atoms with E-state index in [1.807, 2.05) is 6.92 Å². The number of hydrogen-bond acceptors (Lipinski definition) is 4. The Bertz CT molecular complexity index is 454. The van der Waals surface area contributed by atoms with Gasteiger partial charge in [0.25, 0.3) is 0 Å². The van der Waals surface area contributed by atoms with Gasteiger partial charge in [0.2, 0.25) is 0 Å². The smallest absolute Gasteiger partial charge is 0.191 e. The topological polar surface area (TPSA) is 55.4 Å². The SMILES string of the molecule is CCNCS(=O)(=O)c1ccc(OC)cc1C. The maximum absolute atomic E-state index is 11.9. The van der Waals surface area contributed by atoms with Crippen LogP contribution in [0.4, 0.5) is 0 Å². The number of methoxy groups -OCH3 is 1. The van der Waals surface area contributed by atoms with E-state index in [9.17, 15) is 8.42 Å². The van der Waals surface area contributed by atoms with E-state index >= 15 is 0 Å². The molecule has 0 atom stereocenters. The molecular weight excluding hydrogens is 226 g/mol. The van der Waals surface area contributed by atoms with Crippen molar-refractivity contribution in [3.63, 3.8) is 0 Å². The molecule has 0 amide bonds. The van der Waals surface area contributed by atoms with Gasteiger partial charge in [-0.15, -0.1) is 0 Å². The molecule has 0 saturated carbocycles. The molecule has 0 heterocycles. The monoisotopic (exact) mass is 243 g/mol. The van der Waals surface area contributed by atoms with Crippen molar-refractivity contribution >= 4 is 9.84 Å². The standard InChI is InChI=1S/C11H17NO3S/c1-4-12-8-16(13,14)11-6-5-10(15-3)7-9(11)2/h5-7,12H,4,8H2,1-3H3. The molecule has 1 rings (SSSR count). The van der Waals surface area contributed by atoms with Gasteiger partial charge >= 0.3 is 0 Å². The van der Waals surface area contributed by atoms with Crippen LogP contribution < -0.4 is 10.1 Å². The van der Waals surface area contributed by atoms with E-state index in [1.54, 1.807) is 32.2 Å². The molecule has 0 bridgehead atoms. The van der Waals surface area contributed by atoms with E-state index in [1.165, 1.54) is 0 Å². The van der Waals surface area contributed by atoms with E-state index in [4.69, 9.17) is 4.74 Å². The predicted molar refractivity (Wildman–Crippen MR) is 63.5 cm³/mol. The minimum absolute atomic E-state index is 0.0311. The molecule has 0 aliphatic heterocycles. The summed E-state index contributed by atoms with van der Waals surface area (Å²) in [4.78, 5) is 0.356. The van der Waals surface area contributed by atoms with Crippen molar-refractivity contribution in [2.75, 3.05) is 19.5 Å². The van der Waals surface area contributed by atoms with Crippen molar-refractivity contribution in [1.82, 2.24) is 5.32 Å². The third-order valence-electron chi connectivity index (χ3n) is 2.26. The molecule has 1 N–H and O–H groups in total. The largest absolute Gasteiger partial charge is 0.497 e. The van der Waals surface area contributed by atoms with Gasteiger partial charge in [0.05, 0.1) is 12.0 Å². The molecule has 90 valence electrons. The highest BCUT2D eigenvalue weighted by Crippen LogP contribution is 2.21. The average Bonchev–Trinajstić information content (AvgIpc) is 2.25. The molecule has 5 heteroatoms. The summed E-state index contributed by atoms with van der Waals surface area (Å²) in [6, 6.07) is 4.96. The lowest BCUT2D eigenvalue weighted by Crippen LogP contribution is -2.23. The van der Waals surface area contributed by atoms with Gasteiger partial charge in [-0.1, -0.05) is 6.92 Å². The number of nitrogens with one attached hydrogen (secondary N) is 1. The zero-order valence-electron chi connectivity index (χ0n) is 9.78. The normalized spacial score (nSPS) is 11.4. The van der Waals surface area contributed by atoms with Crippen LogP contribution in [0.5, 0.6) is 5.75 Å². The molecule has 1 aromatic carbocycles. The fraction of sp³-hybridized carbons (Fsp3) is 0.455. The van der Waals surface area contributed by atoms with Gasteiger partial charge < -0.3 is 10.1 Å². The number of ether oxygens (including phenoxy) is 1. The first-order valence-electron chi connectivity index (χ1n) is 5.09. The molecule has 0 spiro atoms. The molecule has 1 aromatic rings. The van der Waals surface area contributed by atoms with Gasteiger partial charge in [0, 0.05) is 0 Å². The van der Waals surface area contributed by atoms with Gasteiger partial charge in [0.1, 0.15) is 11.6 Å². The second-order valence-corrected chi connectivity index (χ2v) is 5.45. The fourth-order valence-electron chi connectivity index (χ4n) is 1.41. The molecule has 0 radical (unpaired) electrons. The van der Waals surface area contributed by atoms with Crippen LogP contribution in [0, 0.1) is 6.92 Å². The maximum Gasteiger partial charge on any atom is 0.191 e. The number of rotatable bonds is 5. The highest BCUT2D eigenvalue weighted by atomic mass is 32.2. The maximum atomic E-state index is 11.9. The Labute approximate surface area is 96.5 Å². The summed E-state index contributed by atoms with van der Waals surface area (Å²) in [7, 11) is -1.69. The lowest BCUT2D eigenvalue weighted by Gasteiger charge is -2.09. The van der Waals surface area contributed by atoms with E-state index < -0.39 is 9.84 Å². The van der Waals surface area contributed by atoms with Crippen LogP contribution in [-0.4, -0.2) is 27.9 Å². The fourth-order valence-corrected chi connectivity index (χ4v) is 2.87. The Morgan fingerprint density at radius 3 is 2.56 bits per heavy atom. The van der Waals surface area contributed by atoms with Crippen LogP contribution in [0.2, 0.25) is 0 Å². The lowest BCUT2D eigenvalue weighted by atomic mass is 10.2. The Morgan fingerprint density at radius 2 is 2.06 bits per heavy atom. The minimum atomic E-state index is -3.24. The van der Waals surface area contributed by atoms with Crippen molar-refractivity contribution in [2.24, 2.45) is 0 Å². The van der Waals surface area contributed by atoms with Crippen molar-refractivity contribution in [2.45, 2.75) is 18.7 Å². The quantitative estimate of drug-likeness (QED) is 0.848. The molecular formula is C11H17NO3S. The molecule has 0 aliphatic rings. The second kappa shape index (κ2) is 5.32. The zero-order chi connectivity index (χ0) is 12.2. The Morgan fingerprint density at radius 1 is 1.38 bits per heavy atom. The summed E-state index contributed by atoms with van der Waals surface area (Å²) in [5.74, 6) is 0.635. The lowest BCUT2D eigenvalue weighted by molar-refractivity contribution is 0.414. The van der Waals surface area contributed by atoms with Crippen LogP contribution in [0.3, 0.4) is 0 Å². The number of aryl methyl sites for hydroxylation is 1. The molecule has 4 nitrogen and oxygen atoms in total. The molecule has 0 saturated heterocycles. The van der Waals surface area contributed by atoms with Crippen molar-refractivity contribution in [3.05, 3.63) is 23.8 Å². The van der Waals surface area contributed by atoms with Crippen molar-refractivity contribution in [3.8, 4) is 5.75 Å². The van der Waals surface area contributed by atoms with Crippen LogP contribution >= 0.6 is 0 Å². The van der Waals surface area contributed by atoms with E-state index in [-0.39, 0.29) is 5.88 Å².